The Morgan fingerprint density at radius 3 is 2.73 bits per heavy atom. The van der Waals surface area contributed by atoms with Crippen molar-refractivity contribution in [1.29, 1.82) is 0 Å². The number of halogens is 1. The molecule has 4 atom stereocenters. The van der Waals surface area contributed by atoms with Crippen LogP contribution in [0.25, 0.3) is 0 Å². The van der Waals surface area contributed by atoms with Crippen LogP contribution in [0.4, 0.5) is 0 Å². The van der Waals surface area contributed by atoms with E-state index in [1.54, 1.807) is 0 Å². The van der Waals surface area contributed by atoms with Gasteiger partial charge in [0.15, 0.2) is 5.79 Å². The summed E-state index contributed by atoms with van der Waals surface area (Å²) in [7, 11) is 1.83. The first-order valence-electron chi connectivity index (χ1n) is 5.03. The van der Waals surface area contributed by atoms with E-state index < -0.39 is 11.9 Å². The molecule has 2 aliphatic rings. The molecule has 5 heteroatoms. The van der Waals surface area contributed by atoms with Crippen molar-refractivity contribution >= 4 is 22.6 Å². The van der Waals surface area contributed by atoms with Gasteiger partial charge >= 0.3 is 0 Å². The molecule has 1 aliphatic carbocycles. The monoisotopic (exact) mass is 325 g/mol. The van der Waals surface area contributed by atoms with Gasteiger partial charge in [-0.25, -0.2) is 0 Å². The molecular formula is C10H16INO3. The summed E-state index contributed by atoms with van der Waals surface area (Å²) in [6.45, 7) is 3.74. The molecule has 15 heavy (non-hydrogen) atoms. The highest BCUT2D eigenvalue weighted by Gasteiger charge is 2.49. The van der Waals surface area contributed by atoms with Crippen molar-refractivity contribution in [2.24, 2.45) is 0 Å². The molecule has 0 bridgehead atoms. The molecule has 86 valence electrons. The smallest absolute Gasteiger partial charge is 0.164 e. The maximum absolute atomic E-state index is 10.1. The third kappa shape index (κ3) is 2.08. The van der Waals surface area contributed by atoms with Gasteiger partial charge in [0.1, 0.15) is 18.3 Å². The Morgan fingerprint density at radius 2 is 2.13 bits per heavy atom. The molecule has 2 N–H and O–H groups in total. The Balaban J connectivity index is 2.25. The zero-order valence-electron chi connectivity index (χ0n) is 9.03. The number of likely N-dealkylation sites (N-methyl/N-ethyl adjacent to an activating group) is 1. The molecule has 0 aromatic carbocycles. The lowest BCUT2D eigenvalue weighted by Gasteiger charge is -2.32. The lowest BCUT2D eigenvalue weighted by Crippen LogP contribution is -2.51. The fraction of sp³-hybridized carbons (Fsp3) is 0.800. The van der Waals surface area contributed by atoms with Crippen LogP contribution in [0, 0.1) is 0 Å². The number of aliphatic hydroxyl groups excluding tert-OH is 1. The Kier molecular flexibility index (Phi) is 3.11. The van der Waals surface area contributed by atoms with Gasteiger partial charge in [-0.15, -0.1) is 0 Å². The highest BCUT2D eigenvalue weighted by Crippen LogP contribution is 2.39. The molecule has 0 aromatic heterocycles. The average Bonchev–Trinajstić information content (AvgIpc) is 2.48. The summed E-state index contributed by atoms with van der Waals surface area (Å²) in [4.78, 5) is 0. The Bertz CT molecular complexity index is 292. The fourth-order valence-electron chi connectivity index (χ4n) is 2.08. The Labute approximate surface area is 103 Å². The number of rotatable bonds is 1. The number of ether oxygens (including phenoxy) is 2. The van der Waals surface area contributed by atoms with Crippen LogP contribution < -0.4 is 5.32 Å². The highest BCUT2D eigenvalue weighted by molar-refractivity contribution is 14.1. The summed E-state index contributed by atoms with van der Waals surface area (Å²) in [5.41, 5.74) is 0. The average molecular weight is 325 g/mol. The number of nitrogens with one attached hydrogen (secondary N) is 1. The van der Waals surface area contributed by atoms with Gasteiger partial charge in [-0.2, -0.15) is 0 Å². The van der Waals surface area contributed by atoms with Crippen molar-refractivity contribution in [3.63, 3.8) is 0 Å². The lowest BCUT2D eigenvalue weighted by molar-refractivity contribution is -0.153. The number of hydrogen-bond donors (Lipinski definition) is 2. The topological polar surface area (TPSA) is 50.7 Å². The molecular weight excluding hydrogens is 309 g/mol. The van der Waals surface area contributed by atoms with Gasteiger partial charge in [-0.1, -0.05) is 6.08 Å². The van der Waals surface area contributed by atoms with Crippen LogP contribution in [-0.4, -0.2) is 42.3 Å². The predicted molar refractivity (Wildman–Crippen MR) is 64.8 cm³/mol. The molecule has 1 aliphatic heterocycles. The number of hydrogen-bond acceptors (Lipinski definition) is 4. The summed E-state index contributed by atoms with van der Waals surface area (Å²) in [6.07, 6.45) is 1.05. The van der Waals surface area contributed by atoms with E-state index in [1.165, 1.54) is 0 Å². The van der Waals surface area contributed by atoms with Gasteiger partial charge in [0.2, 0.25) is 0 Å². The molecule has 1 saturated heterocycles. The first kappa shape index (κ1) is 11.8. The van der Waals surface area contributed by atoms with E-state index in [9.17, 15) is 5.11 Å². The quantitative estimate of drug-likeness (QED) is 0.700. The molecule has 4 nitrogen and oxygen atoms in total. The largest absolute Gasteiger partial charge is 0.388 e. The number of aliphatic hydroxyl groups is 1. The van der Waals surface area contributed by atoms with Gasteiger partial charge in [0.25, 0.3) is 0 Å². The van der Waals surface area contributed by atoms with Crippen LogP contribution in [0.1, 0.15) is 13.8 Å². The fourth-order valence-corrected chi connectivity index (χ4v) is 2.94. The molecule has 0 amide bonds. The van der Waals surface area contributed by atoms with E-state index >= 15 is 0 Å². The van der Waals surface area contributed by atoms with Gasteiger partial charge in [0.05, 0.1) is 6.04 Å². The van der Waals surface area contributed by atoms with E-state index in [0.29, 0.717) is 0 Å². The third-order valence-electron chi connectivity index (χ3n) is 2.78. The molecule has 0 aromatic rings. The van der Waals surface area contributed by atoms with Gasteiger partial charge < -0.3 is 19.9 Å². The Hall–Kier alpha value is 0.310. The van der Waals surface area contributed by atoms with Crippen molar-refractivity contribution in [2.75, 3.05) is 7.05 Å². The maximum Gasteiger partial charge on any atom is 0.164 e. The molecule has 0 spiro atoms. The molecule has 0 saturated carbocycles. The molecule has 1 heterocycles. The van der Waals surface area contributed by atoms with E-state index in [2.05, 4.69) is 27.9 Å². The standard InChI is InChI=1S/C10H16INO3/c1-10(2)14-8-5(11)4-6(12-3)7(13)9(8)15-10/h4,6-9,12-13H,1-3H3/t6-,7+,8+,9-/m0/s1. The van der Waals surface area contributed by atoms with E-state index in [1.807, 2.05) is 27.0 Å². The van der Waals surface area contributed by atoms with Crippen LogP contribution in [-0.2, 0) is 9.47 Å². The van der Waals surface area contributed by atoms with E-state index in [0.717, 1.165) is 3.58 Å². The van der Waals surface area contributed by atoms with Crippen molar-refractivity contribution in [3.8, 4) is 0 Å². The minimum absolute atomic E-state index is 0.0596. The highest BCUT2D eigenvalue weighted by atomic mass is 127. The summed E-state index contributed by atoms with van der Waals surface area (Å²) in [5, 5.41) is 13.1. The summed E-state index contributed by atoms with van der Waals surface area (Å²) < 4.78 is 12.5. The van der Waals surface area contributed by atoms with Crippen LogP contribution in [0.2, 0.25) is 0 Å². The molecule has 2 rings (SSSR count). The van der Waals surface area contributed by atoms with Gasteiger partial charge in [-0.05, 0) is 43.5 Å². The zero-order chi connectivity index (χ0) is 11.2. The summed E-state index contributed by atoms with van der Waals surface area (Å²) >= 11 is 2.24. The maximum atomic E-state index is 10.1. The van der Waals surface area contributed by atoms with Crippen LogP contribution in [0.3, 0.4) is 0 Å². The van der Waals surface area contributed by atoms with Gasteiger partial charge in [-0.3, -0.25) is 0 Å². The normalized spacial score (nSPS) is 43.7. The summed E-state index contributed by atoms with van der Waals surface area (Å²) in [6, 6.07) is -0.0596. The van der Waals surface area contributed by atoms with E-state index in [-0.39, 0.29) is 18.2 Å². The minimum Gasteiger partial charge on any atom is -0.388 e. The van der Waals surface area contributed by atoms with Crippen LogP contribution in [0.15, 0.2) is 9.66 Å². The first-order valence-corrected chi connectivity index (χ1v) is 6.10. The SMILES string of the molecule is CN[C@H]1C=C(I)[C@H]2OC(C)(C)O[C@H]2[C@@H]1O. The molecule has 0 unspecified atom stereocenters. The van der Waals surface area contributed by atoms with Crippen LogP contribution >= 0.6 is 22.6 Å². The van der Waals surface area contributed by atoms with Crippen molar-refractivity contribution in [1.82, 2.24) is 5.32 Å². The predicted octanol–water partition coefficient (Wildman–Crippen LogP) is 0.788. The zero-order valence-corrected chi connectivity index (χ0v) is 11.2. The lowest BCUT2D eigenvalue weighted by atomic mass is 9.94. The Morgan fingerprint density at radius 1 is 1.47 bits per heavy atom. The second-order valence-corrected chi connectivity index (χ2v) is 5.62. The van der Waals surface area contributed by atoms with Gasteiger partial charge in [0, 0.05) is 3.58 Å². The minimum atomic E-state index is -0.608. The second kappa shape index (κ2) is 3.96. The van der Waals surface area contributed by atoms with Crippen molar-refractivity contribution in [2.45, 2.75) is 44.0 Å². The molecule has 1 fully saturated rings. The number of fused-ring (bicyclic) bond motifs is 1. The van der Waals surface area contributed by atoms with E-state index in [4.69, 9.17) is 9.47 Å². The first-order chi connectivity index (χ1) is 6.94. The second-order valence-electron chi connectivity index (χ2n) is 4.38. The summed E-state index contributed by atoms with van der Waals surface area (Å²) in [5.74, 6) is -0.608. The van der Waals surface area contributed by atoms with Crippen molar-refractivity contribution in [3.05, 3.63) is 9.66 Å². The van der Waals surface area contributed by atoms with Crippen LogP contribution in [0.5, 0.6) is 0 Å². The third-order valence-corrected chi connectivity index (χ3v) is 3.75. The molecule has 0 radical (unpaired) electrons. The van der Waals surface area contributed by atoms with Crippen molar-refractivity contribution < 1.29 is 14.6 Å².